The third-order valence-electron chi connectivity index (χ3n) is 1.99. The maximum absolute atomic E-state index is 6.07. The Balaban J connectivity index is 2.63. The molecule has 0 unspecified atom stereocenters. The van der Waals surface area contributed by atoms with Crippen molar-refractivity contribution in [2.45, 2.75) is 0 Å². The van der Waals surface area contributed by atoms with E-state index in [-0.39, 0.29) is 0 Å². The topological polar surface area (TPSA) is 17.8 Å². The van der Waals surface area contributed by atoms with Crippen LogP contribution in [0.4, 0.5) is 0 Å². The summed E-state index contributed by atoms with van der Waals surface area (Å²) in [5, 5.41) is 5.05. The minimum Gasteiger partial charge on any atom is -0.267 e. The lowest BCUT2D eigenvalue weighted by molar-refractivity contribution is 0.773. The average molecular weight is 226 g/mol. The summed E-state index contributed by atoms with van der Waals surface area (Å²) in [4.78, 5) is 0. The van der Waals surface area contributed by atoms with Crippen molar-refractivity contribution in [3.05, 3.63) is 40.5 Å². The molecule has 1 heterocycles. The lowest BCUT2D eigenvalue weighted by Crippen LogP contribution is -1.93. The smallest absolute Gasteiger partial charge is 0.113 e. The lowest BCUT2D eigenvalue weighted by Gasteiger charge is -2.05. The Morgan fingerprint density at radius 3 is 2.79 bits per heavy atom. The molecule has 0 aliphatic heterocycles. The molecule has 71 valence electrons. The normalized spacial score (nSPS) is 10.5. The van der Waals surface area contributed by atoms with Crippen LogP contribution in [0.5, 0.6) is 0 Å². The molecule has 0 N–H and O–H groups in total. The van der Waals surface area contributed by atoms with Crippen molar-refractivity contribution < 1.29 is 0 Å². The van der Waals surface area contributed by atoms with Crippen LogP contribution in [-0.4, -0.2) is 9.78 Å². The van der Waals surface area contributed by atoms with E-state index in [0.717, 1.165) is 11.3 Å². The van der Waals surface area contributed by atoms with Crippen LogP contribution in [0.25, 0.3) is 11.3 Å². The molecule has 0 saturated heterocycles. The van der Waals surface area contributed by atoms with Crippen molar-refractivity contribution in [3.8, 4) is 11.3 Å². The molecule has 1 aromatic carbocycles. The maximum atomic E-state index is 6.07. The van der Waals surface area contributed by atoms with Crippen LogP contribution in [0.2, 0.25) is 10.0 Å². The van der Waals surface area contributed by atoms with E-state index in [2.05, 4.69) is 11.3 Å². The van der Waals surface area contributed by atoms with E-state index in [1.54, 1.807) is 16.8 Å². The Bertz CT molecular complexity index is 463. The summed E-state index contributed by atoms with van der Waals surface area (Å²) >= 11 is 12.0. The van der Waals surface area contributed by atoms with Crippen molar-refractivity contribution in [1.82, 2.24) is 9.78 Å². The molecule has 0 saturated carbocycles. The number of aromatic nitrogens is 2. The first-order chi connectivity index (χ1) is 6.70. The van der Waals surface area contributed by atoms with Crippen LogP contribution >= 0.6 is 23.2 Å². The summed E-state index contributed by atoms with van der Waals surface area (Å²) in [6.07, 6.45) is 2.75. The molecule has 0 aliphatic rings. The molecule has 14 heavy (non-hydrogen) atoms. The van der Waals surface area contributed by atoms with Crippen LogP contribution in [0.15, 0.2) is 24.3 Å². The molecule has 0 fully saturated rings. The molecule has 0 atom stereocenters. The Morgan fingerprint density at radius 1 is 1.36 bits per heavy atom. The molecule has 2 nitrogen and oxygen atoms in total. The summed E-state index contributed by atoms with van der Waals surface area (Å²) in [5.41, 5.74) is 1.77. The van der Waals surface area contributed by atoms with Crippen LogP contribution in [0, 0.1) is 6.20 Å². The van der Waals surface area contributed by atoms with Gasteiger partial charge in [0.15, 0.2) is 0 Å². The van der Waals surface area contributed by atoms with E-state index in [4.69, 9.17) is 23.2 Å². The average Bonchev–Trinajstić information content (AvgIpc) is 2.57. The van der Waals surface area contributed by atoms with Gasteiger partial charge in [0.25, 0.3) is 0 Å². The minimum absolute atomic E-state index is 0.547. The maximum Gasteiger partial charge on any atom is 0.113 e. The predicted octanol–water partition coefficient (Wildman–Crippen LogP) is 3.19. The monoisotopic (exact) mass is 225 g/mol. The summed E-state index contributed by atoms with van der Waals surface area (Å²) in [6.45, 7) is 0. The fraction of sp³-hybridized carbons (Fsp3) is 0.100. The molecular formula is C10H7Cl2N2. The molecule has 2 aromatic rings. The molecule has 0 amide bonds. The van der Waals surface area contributed by atoms with E-state index in [0.29, 0.717) is 10.0 Å². The lowest BCUT2D eigenvalue weighted by atomic mass is 10.1. The van der Waals surface area contributed by atoms with Crippen molar-refractivity contribution in [2.24, 2.45) is 7.05 Å². The van der Waals surface area contributed by atoms with Crippen molar-refractivity contribution >= 4 is 23.2 Å². The highest BCUT2D eigenvalue weighted by atomic mass is 35.5. The van der Waals surface area contributed by atoms with Gasteiger partial charge in [-0.2, -0.15) is 5.10 Å². The van der Waals surface area contributed by atoms with Crippen molar-refractivity contribution in [2.75, 3.05) is 0 Å². The zero-order chi connectivity index (χ0) is 10.1. The molecule has 2 rings (SSSR count). The van der Waals surface area contributed by atoms with Gasteiger partial charge in [0.1, 0.15) is 6.20 Å². The first-order valence-electron chi connectivity index (χ1n) is 4.04. The Morgan fingerprint density at radius 2 is 2.14 bits per heavy atom. The highest BCUT2D eigenvalue weighted by Crippen LogP contribution is 2.32. The number of halogens is 2. The fourth-order valence-electron chi connectivity index (χ4n) is 1.28. The quantitative estimate of drug-likeness (QED) is 0.730. The molecule has 0 spiro atoms. The summed E-state index contributed by atoms with van der Waals surface area (Å²) in [6, 6.07) is 7.29. The number of nitrogens with zero attached hydrogens (tertiary/aromatic N) is 2. The number of benzene rings is 1. The summed E-state index contributed by atoms with van der Waals surface area (Å²) in [5.74, 6) is 0. The molecule has 0 aliphatic carbocycles. The first-order valence-corrected chi connectivity index (χ1v) is 4.80. The standard InChI is InChI=1S/C10H7Cl2N2/c1-14-9(5-6-13-14)7-3-2-4-8(11)10(7)12/h2-5H,1H3. The van der Waals surface area contributed by atoms with E-state index in [1.165, 1.54) is 0 Å². The largest absolute Gasteiger partial charge is 0.267 e. The highest BCUT2D eigenvalue weighted by Gasteiger charge is 2.09. The van der Waals surface area contributed by atoms with Gasteiger partial charge in [-0.25, -0.2) is 0 Å². The Labute approximate surface area is 92.1 Å². The third-order valence-corrected chi connectivity index (χ3v) is 2.80. The Kier molecular flexibility index (Phi) is 2.48. The van der Waals surface area contributed by atoms with E-state index in [1.807, 2.05) is 19.2 Å². The van der Waals surface area contributed by atoms with Gasteiger partial charge in [-0.1, -0.05) is 35.3 Å². The fourth-order valence-corrected chi connectivity index (χ4v) is 1.67. The highest BCUT2D eigenvalue weighted by molar-refractivity contribution is 6.43. The van der Waals surface area contributed by atoms with Gasteiger partial charge >= 0.3 is 0 Å². The van der Waals surface area contributed by atoms with E-state index in [9.17, 15) is 0 Å². The van der Waals surface area contributed by atoms with Gasteiger partial charge in [0.2, 0.25) is 0 Å². The van der Waals surface area contributed by atoms with Crippen LogP contribution < -0.4 is 0 Å². The summed E-state index contributed by atoms with van der Waals surface area (Å²) in [7, 11) is 1.84. The van der Waals surface area contributed by atoms with Crippen molar-refractivity contribution in [1.29, 1.82) is 0 Å². The number of hydrogen-bond donors (Lipinski definition) is 0. The number of aryl methyl sites for hydroxylation is 1. The number of rotatable bonds is 1. The van der Waals surface area contributed by atoms with Gasteiger partial charge in [-0.15, -0.1) is 0 Å². The Hall–Kier alpha value is -0.990. The molecule has 0 bridgehead atoms. The van der Waals surface area contributed by atoms with Gasteiger partial charge < -0.3 is 0 Å². The number of hydrogen-bond acceptors (Lipinski definition) is 1. The van der Waals surface area contributed by atoms with E-state index < -0.39 is 0 Å². The van der Waals surface area contributed by atoms with Crippen LogP contribution in [-0.2, 0) is 7.05 Å². The second-order valence-corrected chi connectivity index (χ2v) is 3.67. The zero-order valence-corrected chi connectivity index (χ0v) is 8.97. The molecule has 1 radical (unpaired) electrons. The predicted molar refractivity (Wildman–Crippen MR) is 57.5 cm³/mol. The summed E-state index contributed by atoms with van der Waals surface area (Å²) < 4.78 is 1.71. The first kappa shape index (κ1) is 9.56. The van der Waals surface area contributed by atoms with Gasteiger partial charge in [-0.05, 0) is 12.1 Å². The minimum atomic E-state index is 0.547. The van der Waals surface area contributed by atoms with Crippen LogP contribution in [0.3, 0.4) is 0 Å². The second kappa shape index (κ2) is 3.64. The zero-order valence-electron chi connectivity index (χ0n) is 7.46. The van der Waals surface area contributed by atoms with Crippen molar-refractivity contribution in [3.63, 3.8) is 0 Å². The van der Waals surface area contributed by atoms with Gasteiger partial charge in [-0.3, -0.25) is 4.68 Å². The van der Waals surface area contributed by atoms with Gasteiger partial charge in [0, 0.05) is 12.6 Å². The molecular weight excluding hydrogens is 219 g/mol. The SMILES string of the molecule is Cn1n[c]cc1-c1cccc(Cl)c1Cl. The second-order valence-electron chi connectivity index (χ2n) is 2.88. The molecule has 4 heteroatoms. The molecule has 1 aromatic heterocycles. The van der Waals surface area contributed by atoms with Crippen LogP contribution in [0.1, 0.15) is 0 Å². The van der Waals surface area contributed by atoms with Gasteiger partial charge in [0.05, 0.1) is 15.7 Å². The van der Waals surface area contributed by atoms with E-state index >= 15 is 0 Å². The third kappa shape index (κ3) is 1.51.